The van der Waals surface area contributed by atoms with Gasteiger partial charge in [-0.2, -0.15) is 11.3 Å². The maximum Gasteiger partial charge on any atom is 0.0611 e. The minimum absolute atomic E-state index is 0.155. The molecule has 0 spiro atoms. The van der Waals surface area contributed by atoms with Gasteiger partial charge in [0.2, 0.25) is 0 Å². The van der Waals surface area contributed by atoms with Crippen LogP contribution in [0.4, 0.5) is 0 Å². The molecule has 1 aliphatic carbocycles. The molecule has 1 saturated carbocycles. The summed E-state index contributed by atoms with van der Waals surface area (Å²) in [5.74, 6) is 0. The van der Waals surface area contributed by atoms with Crippen LogP contribution in [0.3, 0.4) is 0 Å². The van der Waals surface area contributed by atoms with Gasteiger partial charge in [0.1, 0.15) is 0 Å². The zero-order valence-electron chi connectivity index (χ0n) is 10.7. The summed E-state index contributed by atoms with van der Waals surface area (Å²) in [4.78, 5) is 2.39. The molecule has 0 saturated heterocycles. The Morgan fingerprint density at radius 1 is 1.59 bits per heavy atom. The van der Waals surface area contributed by atoms with Gasteiger partial charge < -0.3 is 10.5 Å². The standard InChI is InChI=1S/C13H22N2OS/c1-3-16-12-6-13(7-12,10-14)15(2)8-11-4-5-17-9-11/h4-5,9,12H,3,6-8,10,14H2,1-2H3. The van der Waals surface area contributed by atoms with Crippen LogP contribution in [0.2, 0.25) is 0 Å². The van der Waals surface area contributed by atoms with Crippen LogP contribution in [0.25, 0.3) is 0 Å². The highest BCUT2D eigenvalue weighted by Gasteiger charge is 2.46. The van der Waals surface area contributed by atoms with Crippen LogP contribution >= 0.6 is 11.3 Å². The average Bonchev–Trinajstić information content (AvgIpc) is 2.75. The molecule has 1 aromatic rings. The molecule has 17 heavy (non-hydrogen) atoms. The zero-order chi connectivity index (χ0) is 12.3. The molecule has 0 aromatic carbocycles. The first-order chi connectivity index (χ1) is 8.20. The highest BCUT2D eigenvalue weighted by molar-refractivity contribution is 7.07. The summed E-state index contributed by atoms with van der Waals surface area (Å²) in [6.45, 7) is 4.56. The fourth-order valence-electron chi connectivity index (χ4n) is 2.60. The predicted octanol–water partition coefficient (Wildman–Crippen LogP) is 2.08. The van der Waals surface area contributed by atoms with E-state index in [2.05, 4.69) is 35.7 Å². The normalized spacial score (nSPS) is 28.4. The minimum atomic E-state index is 0.155. The molecule has 0 atom stereocenters. The lowest BCUT2D eigenvalue weighted by atomic mass is 9.73. The summed E-state index contributed by atoms with van der Waals surface area (Å²) in [7, 11) is 2.17. The number of ether oxygens (including phenoxy) is 1. The maximum absolute atomic E-state index is 5.96. The third-order valence-corrected chi connectivity index (χ3v) is 4.54. The molecule has 0 radical (unpaired) electrons. The molecule has 0 unspecified atom stereocenters. The van der Waals surface area contributed by atoms with Crippen molar-refractivity contribution in [1.82, 2.24) is 4.90 Å². The van der Waals surface area contributed by atoms with Gasteiger partial charge >= 0.3 is 0 Å². The van der Waals surface area contributed by atoms with E-state index in [0.717, 1.165) is 32.5 Å². The second-order valence-corrected chi connectivity index (χ2v) is 5.68. The molecular weight excluding hydrogens is 232 g/mol. The monoisotopic (exact) mass is 254 g/mol. The van der Waals surface area contributed by atoms with Crippen LogP contribution in [-0.4, -0.2) is 36.7 Å². The van der Waals surface area contributed by atoms with Crippen molar-refractivity contribution in [3.05, 3.63) is 22.4 Å². The van der Waals surface area contributed by atoms with Gasteiger partial charge in [-0.15, -0.1) is 0 Å². The Hall–Kier alpha value is -0.420. The van der Waals surface area contributed by atoms with Crippen molar-refractivity contribution in [2.24, 2.45) is 5.73 Å². The highest BCUT2D eigenvalue weighted by Crippen LogP contribution is 2.39. The largest absolute Gasteiger partial charge is 0.378 e. The van der Waals surface area contributed by atoms with E-state index in [1.165, 1.54) is 5.56 Å². The minimum Gasteiger partial charge on any atom is -0.378 e. The van der Waals surface area contributed by atoms with Crippen LogP contribution in [-0.2, 0) is 11.3 Å². The molecule has 0 aliphatic heterocycles. The van der Waals surface area contributed by atoms with Gasteiger partial charge in [-0.05, 0) is 49.2 Å². The summed E-state index contributed by atoms with van der Waals surface area (Å²) >= 11 is 1.75. The lowest BCUT2D eigenvalue weighted by molar-refractivity contribution is -0.0947. The summed E-state index contributed by atoms with van der Waals surface area (Å²) in [5, 5.41) is 4.33. The van der Waals surface area contributed by atoms with Crippen LogP contribution in [0, 0.1) is 0 Å². The van der Waals surface area contributed by atoms with Crippen LogP contribution in [0.1, 0.15) is 25.3 Å². The van der Waals surface area contributed by atoms with Crippen molar-refractivity contribution < 1.29 is 4.74 Å². The lowest BCUT2D eigenvalue weighted by Crippen LogP contribution is -2.62. The van der Waals surface area contributed by atoms with E-state index >= 15 is 0 Å². The number of nitrogens with two attached hydrogens (primary N) is 1. The maximum atomic E-state index is 5.96. The summed E-state index contributed by atoms with van der Waals surface area (Å²) in [6, 6.07) is 2.18. The van der Waals surface area contributed by atoms with E-state index in [4.69, 9.17) is 10.5 Å². The third kappa shape index (κ3) is 2.71. The molecule has 2 rings (SSSR count). The number of hydrogen-bond acceptors (Lipinski definition) is 4. The third-order valence-electron chi connectivity index (χ3n) is 3.81. The quantitative estimate of drug-likeness (QED) is 0.844. The Morgan fingerprint density at radius 3 is 2.88 bits per heavy atom. The molecular formula is C13H22N2OS. The Balaban J connectivity index is 1.91. The van der Waals surface area contributed by atoms with E-state index in [1.54, 1.807) is 11.3 Å². The lowest BCUT2D eigenvalue weighted by Gasteiger charge is -2.52. The molecule has 96 valence electrons. The average molecular weight is 254 g/mol. The number of hydrogen-bond donors (Lipinski definition) is 1. The fraction of sp³-hybridized carbons (Fsp3) is 0.692. The molecule has 2 N–H and O–H groups in total. The number of thiophene rings is 1. The Labute approximate surface area is 108 Å². The summed E-state index contributed by atoms with van der Waals surface area (Å²) in [6.07, 6.45) is 2.55. The Morgan fingerprint density at radius 2 is 2.35 bits per heavy atom. The highest BCUT2D eigenvalue weighted by atomic mass is 32.1. The van der Waals surface area contributed by atoms with E-state index in [9.17, 15) is 0 Å². The van der Waals surface area contributed by atoms with Gasteiger partial charge in [0.05, 0.1) is 6.10 Å². The van der Waals surface area contributed by atoms with Gasteiger partial charge in [-0.25, -0.2) is 0 Å². The molecule has 4 heteroatoms. The molecule has 1 fully saturated rings. The second kappa shape index (κ2) is 5.48. The first-order valence-electron chi connectivity index (χ1n) is 6.24. The van der Waals surface area contributed by atoms with E-state index in [0.29, 0.717) is 6.10 Å². The van der Waals surface area contributed by atoms with Gasteiger partial charge in [-0.3, -0.25) is 4.90 Å². The zero-order valence-corrected chi connectivity index (χ0v) is 11.5. The van der Waals surface area contributed by atoms with Gasteiger partial charge in [0, 0.05) is 25.2 Å². The molecule has 1 heterocycles. The van der Waals surface area contributed by atoms with Crippen molar-refractivity contribution in [3.8, 4) is 0 Å². The molecule has 1 aliphatic rings. The van der Waals surface area contributed by atoms with Gasteiger partial charge in [-0.1, -0.05) is 0 Å². The number of rotatable bonds is 6. The molecule has 1 aromatic heterocycles. The van der Waals surface area contributed by atoms with Gasteiger partial charge in [0.25, 0.3) is 0 Å². The topological polar surface area (TPSA) is 38.5 Å². The first kappa shape index (κ1) is 13.0. The Kier molecular flexibility index (Phi) is 4.20. The predicted molar refractivity (Wildman–Crippen MR) is 72.2 cm³/mol. The van der Waals surface area contributed by atoms with Crippen molar-refractivity contribution >= 4 is 11.3 Å². The molecule has 3 nitrogen and oxygen atoms in total. The number of likely N-dealkylation sites (N-methyl/N-ethyl adjacent to an activating group) is 1. The van der Waals surface area contributed by atoms with Crippen molar-refractivity contribution in [2.45, 2.75) is 38.0 Å². The first-order valence-corrected chi connectivity index (χ1v) is 7.18. The van der Waals surface area contributed by atoms with Crippen LogP contribution in [0.5, 0.6) is 0 Å². The molecule has 0 bridgehead atoms. The van der Waals surface area contributed by atoms with Crippen LogP contribution < -0.4 is 5.73 Å². The van der Waals surface area contributed by atoms with Crippen molar-refractivity contribution in [3.63, 3.8) is 0 Å². The van der Waals surface area contributed by atoms with E-state index in [1.807, 2.05) is 0 Å². The van der Waals surface area contributed by atoms with Gasteiger partial charge in [0.15, 0.2) is 0 Å². The van der Waals surface area contributed by atoms with Crippen molar-refractivity contribution in [1.29, 1.82) is 0 Å². The smallest absolute Gasteiger partial charge is 0.0611 e. The van der Waals surface area contributed by atoms with E-state index < -0.39 is 0 Å². The fourth-order valence-corrected chi connectivity index (χ4v) is 3.26. The van der Waals surface area contributed by atoms with E-state index in [-0.39, 0.29) is 5.54 Å². The Bertz CT molecular complexity index is 333. The number of nitrogens with zero attached hydrogens (tertiary/aromatic N) is 1. The summed E-state index contributed by atoms with van der Waals surface area (Å²) < 4.78 is 5.64. The SMILES string of the molecule is CCOC1CC(CN)(N(C)Cc2ccsc2)C1. The summed E-state index contributed by atoms with van der Waals surface area (Å²) in [5.41, 5.74) is 7.50. The van der Waals surface area contributed by atoms with Crippen molar-refractivity contribution in [2.75, 3.05) is 20.2 Å². The molecule has 0 amide bonds. The van der Waals surface area contributed by atoms with Crippen LogP contribution in [0.15, 0.2) is 16.8 Å². The second-order valence-electron chi connectivity index (χ2n) is 4.90.